The summed E-state index contributed by atoms with van der Waals surface area (Å²) in [5.41, 5.74) is 2.57. The van der Waals surface area contributed by atoms with Crippen LogP contribution in [0.25, 0.3) is 0 Å². The Labute approximate surface area is 131 Å². The largest absolute Gasteiger partial charge is 0.332 e. The second kappa shape index (κ2) is 6.63. The third-order valence-electron chi connectivity index (χ3n) is 2.64. The van der Waals surface area contributed by atoms with Gasteiger partial charge < -0.3 is 5.32 Å². The van der Waals surface area contributed by atoms with Crippen molar-refractivity contribution in [2.45, 2.75) is 6.92 Å². The number of thiocarbonyl (C=S) groups is 1. The number of aryl methyl sites for hydroxylation is 1. The fraction of sp³-hybridized carbons (Fsp3) is 0.0667. The molecule has 0 radical (unpaired) electrons. The molecule has 20 heavy (non-hydrogen) atoms. The first-order chi connectivity index (χ1) is 9.54. The van der Waals surface area contributed by atoms with Gasteiger partial charge in [-0.2, -0.15) is 0 Å². The summed E-state index contributed by atoms with van der Waals surface area (Å²) >= 11 is 8.44. The van der Waals surface area contributed by atoms with Gasteiger partial charge in [-0.25, -0.2) is 0 Å². The topological polar surface area (TPSA) is 41.1 Å². The van der Waals surface area contributed by atoms with E-state index in [4.69, 9.17) is 12.2 Å². The van der Waals surface area contributed by atoms with Crippen molar-refractivity contribution in [1.29, 1.82) is 0 Å². The number of amides is 1. The van der Waals surface area contributed by atoms with Crippen molar-refractivity contribution >= 4 is 44.9 Å². The van der Waals surface area contributed by atoms with Crippen LogP contribution in [0.2, 0.25) is 0 Å². The number of rotatable bonds is 2. The summed E-state index contributed by atoms with van der Waals surface area (Å²) in [6, 6.07) is 14.8. The standard InChI is InChI=1S/C15H13BrN2OS/c1-10-2-8-13(9-3-10)17-15(20)18-14(19)11-4-6-12(16)7-5-11/h2-9H,1H3,(H2,17,18,19,20). The van der Waals surface area contributed by atoms with E-state index in [-0.39, 0.29) is 11.0 Å². The number of hydrogen-bond acceptors (Lipinski definition) is 2. The van der Waals surface area contributed by atoms with Crippen molar-refractivity contribution in [1.82, 2.24) is 5.32 Å². The van der Waals surface area contributed by atoms with Crippen LogP contribution in [-0.2, 0) is 0 Å². The molecular weight excluding hydrogens is 336 g/mol. The van der Waals surface area contributed by atoms with E-state index in [1.807, 2.05) is 43.3 Å². The molecule has 0 atom stereocenters. The molecule has 2 aromatic carbocycles. The predicted molar refractivity (Wildman–Crippen MR) is 89.0 cm³/mol. The molecule has 5 heteroatoms. The molecule has 0 aliphatic carbocycles. The molecule has 0 aromatic heterocycles. The van der Waals surface area contributed by atoms with Crippen molar-refractivity contribution in [2.75, 3.05) is 5.32 Å². The maximum atomic E-state index is 12.0. The van der Waals surface area contributed by atoms with Crippen LogP contribution in [0.3, 0.4) is 0 Å². The van der Waals surface area contributed by atoms with Crippen LogP contribution in [0.1, 0.15) is 15.9 Å². The molecule has 0 saturated carbocycles. The highest BCUT2D eigenvalue weighted by atomic mass is 79.9. The molecule has 0 aliphatic heterocycles. The fourth-order valence-corrected chi connectivity index (χ4v) is 2.05. The van der Waals surface area contributed by atoms with Gasteiger partial charge in [0.1, 0.15) is 0 Å². The van der Waals surface area contributed by atoms with E-state index in [2.05, 4.69) is 26.6 Å². The highest BCUT2D eigenvalue weighted by Crippen LogP contribution is 2.11. The molecule has 1 amide bonds. The summed E-state index contributed by atoms with van der Waals surface area (Å²) < 4.78 is 0.925. The first-order valence-electron chi connectivity index (χ1n) is 5.99. The molecule has 0 aliphatic rings. The van der Waals surface area contributed by atoms with Gasteiger partial charge in [0.15, 0.2) is 5.11 Å². The summed E-state index contributed by atoms with van der Waals surface area (Å²) in [5, 5.41) is 5.90. The van der Waals surface area contributed by atoms with Crippen molar-refractivity contribution in [3.63, 3.8) is 0 Å². The number of anilines is 1. The quantitative estimate of drug-likeness (QED) is 0.809. The van der Waals surface area contributed by atoms with Crippen LogP contribution in [-0.4, -0.2) is 11.0 Å². The van der Waals surface area contributed by atoms with E-state index < -0.39 is 0 Å². The number of benzene rings is 2. The zero-order chi connectivity index (χ0) is 14.5. The Bertz CT molecular complexity index is 623. The number of nitrogens with one attached hydrogen (secondary N) is 2. The third kappa shape index (κ3) is 4.15. The number of halogens is 1. The van der Waals surface area contributed by atoms with Crippen molar-refractivity contribution in [3.8, 4) is 0 Å². The Balaban J connectivity index is 1.95. The highest BCUT2D eigenvalue weighted by molar-refractivity contribution is 9.10. The molecular formula is C15H13BrN2OS. The monoisotopic (exact) mass is 348 g/mol. The molecule has 2 N–H and O–H groups in total. The first-order valence-corrected chi connectivity index (χ1v) is 7.19. The van der Waals surface area contributed by atoms with Gasteiger partial charge >= 0.3 is 0 Å². The van der Waals surface area contributed by atoms with E-state index >= 15 is 0 Å². The van der Waals surface area contributed by atoms with E-state index in [1.165, 1.54) is 5.56 Å². The van der Waals surface area contributed by atoms with Crippen LogP contribution in [0.4, 0.5) is 5.69 Å². The smallest absolute Gasteiger partial charge is 0.257 e. The number of hydrogen-bond donors (Lipinski definition) is 2. The normalized spacial score (nSPS) is 9.90. The molecule has 0 bridgehead atoms. The second-order valence-electron chi connectivity index (χ2n) is 4.28. The number of carbonyl (C=O) groups excluding carboxylic acids is 1. The lowest BCUT2D eigenvalue weighted by Gasteiger charge is -2.09. The maximum Gasteiger partial charge on any atom is 0.257 e. The van der Waals surface area contributed by atoms with Gasteiger partial charge in [-0.05, 0) is 55.5 Å². The van der Waals surface area contributed by atoms with Gasteiger partial charge in [0.25, 0.3) is 5.91 Å². The fourth-order valence-electron chi connectivity index (χ4n) is 1.58. The van der Waals surface area contributed by atoms with E-state index in [1.54, 1.807) is 12.1 Å². The van der Waals surface area contributed by atoms with E-state index in [9.17, 15) is 4.79 Å². The lowest BCUT2D eigenvalue weighted by Crippen LogP contribution is -2.34. The molecule has 0 spiro atoms. The van der Waals surface area contributed by atoms with Gasteiger partial charge in [0.2, 0.25) is 0 Å². The lowest BCUT2D eigenvalue weighted by molar-refractivity contribution is 0.0977. The molecule has 102 valence electrons. The molecule has 2 rings (SSSR count). The van der Waals surface area contributed by atoms with Crippen LogP contribution in [0.5, 0.6) is 0 Å². The molecule has 0 saturated heterocycles. The zero-order valence-corrected chi connectivity index (χ0v) is 13.2. The van der Waals surface area contributed by atoms with Crippen LogP contribution in [0, 0.1) is 6.92 Å². The van der Waals surface area contributed by atoms with Crippen LogP contribution < -0.4 is 10.6 Å². The minimum atomic E-state index is -0.234. The average molecular weight is 349 g/mol. The minimum absolute atomic E-state index is 0.234. The van der Waals surface area contributed by atoms with Gasteiger partial charge in [0.05, 0.1) is 0 Å². The Morgan fingerprint density at radius 3 is 2.25 bits per heavy atom. The molecule has 0 heterocycles. The third-order valence-corrected chi connectivity index (χ3v) is 3.38. The SMILES string of the molecule is Cc1ccc(NC(=S)NC(=O)c2ccc(Br)cc2)cc1. The van der Waals surface area contributed by atoms with Crippen molar-refractivity contribution < 1.29 is 4.79 Å². The van der Waals surface area contributed by atoms with Crippen molar-refractivity contribution in [2.24, 2.45) is 0 Å². The van der Waals surface area contributed by atoms with E-state index in [0.717, 1.165) is 10.2 Å². The first kappa shape index (κ1) is 14.7. The maximum absolute atomic E-state index is 12.0. The molecule has 0 unspecified atom stereocenters. The molecule has 0 fully saturated rings. The second-order valence-corrected chi connectivity index (χ2v) is 5.61. The Kier molecular flexibility index (Phi) is 4.87. The van der Waals surface area contributed by atoms with Gasteiger partial charge in [-0.3, -0.25) is 10.1 Å². The minimum Gasteiger partial charge on any atom is -0.332 e. The highest BCUT2D eigenvalue weighted by Gasteiger charge is 2.07. The Morgan fingerprint density at radius 2 is 1.65 bits per heavy atom. The Hall–Kier alpha value is -1.72. The zero-order valence-electron chi connectivity index (χ0n) is 10.8. The average Bonchev–Trinajstić information content (AvgIpc) is 2.42. The Morgan fingerprint density at radius 1 is 1.05 bits per heavy atom. The molecule has 2 aromatic rings. The van der Waals surface area contributed by atoms with Gasteiger partial charge in [-0.1, -0.05) is 33.6 Å². The van der Waals surface area contributed by atoms with E-state index in [0.29, 0.717) is 5.56 Å². The van der Waals surface area contributed by atoms with Gasteiger partial charge in [-0.15, -0.1) is 0 Å². The molecule has 3 nitrogen and oxygen atoms in total. The summed E-state index contributed by atoms with van der Waals surface area (Å²) in [7, 11) is 0. The summed E-state index contributed by atoms with van der Waals surface area (Å²) in [4.78, 5) is 12.0. The van der Waals surface area contributed by atoms with Crippen LogP contribution >= 0.6 is 28.1 Å². The summed E-state index contributed by atoms with van der Waals surface area (Å²) in [5.74, 6) is -0.234. The predicted octanol–water partition coefficient (Wildman–Crippen LogP) is 3.88. The number of carbonyl (C=O) groups is 1. The summed E-state index contributed by atoms with van der Waals surface area (Å²) in [6.45, 7) is 2.01. The van der Waals surface area contributed by atoms with Crippen LogP contribution in [0.15, 0.2) is 53.0 Å². The van der Waals surface area contributed by atoms with Gasteiger partial charge in [0, 0.05) is 15.7 Å². The van der Waals surface area contributed by atoms with Crippen molar-refractivity contribution in [3.05, 3.63) is 64.1 Å². The lowest BCUT2D eigenvalue weighted by atomic mass is 10.2. The summed E-state index contributed by atoms with van der Waals surface area (Å²) in [6.07, 6.45) is 0.